The van der Waals surface area contributed by atoms with E-state index in [4.69, 9.17) is 39.6 Å². The molecule has 0 amide bonds. The first-order chi connectivity index (χ1) is 16.9. The summed E-state index contributed by atoms with van der Waals surface area (Å²) < 4.78 is -0.252. The molecule has 0 N–H and O–H groups in total. The van der Waals surface area contributed by atoms with Crippen molar-refractivity contribution >= 4 is 46.4 Å². The fourth-order valence-electron chi connectivity index (χ4n) is 6.84. The van der Waals surface area contributed by atoms with Gasteiger partial charge in [0.2, 0.25) is 15.5 Å². The number of hydrogen-bond acceptors (Lipinski definition) is 4. The van der Waals surface area contributed by atoms with Gasteiger partial charge in [-0.05, 0) is 77.0 Å². The fourth-order valence-corrected chi connectivity index (χ4v) is 6.96. The van der Waals surface area contributed by atoms with Crippen LogP contribution in [0.2, 0.25) is 0 Å². The van der Waals surface area contributed by atoms with Gasteiger partial charge in [-0.1, -0.05) is 83.4 Å². The van der Waals surface area contributed by atoms with Gasteiger partial charge in [-0.2, -0.15) is 5.06 Å². The molecule has 1 spiro atoms. The molecule has 0 bridgehead atoms. The van der Waals surface area contributed by atoms with E-state index >= 15 is 0 Å². The van der Waals surface area contributed by atoms with Crippen LogP contribution in [0.3, 0.4) is 0 Å². The monoisotopic (exact) mass is 555 g/mol. The van der Waals surface area contributed by atoms with E-state index in [1.54, 1.807) is 0 Å². The van der Waals surface area contributed by atoms with E-state index in [9.17, 15) is 5.11 Å². The van der Waals surface area contributed by atoms with Gasteiger partial charge in [-0.15, -0.1) is 0 Å². The van der Waals surface area contributed by atoms with E-state index in [-0.39, 0.29) is 22.5 Å². The van der Waals surface area contributed by atoms with Gasteiger partial charge in [0.25, 0.3) is 0 Å². The Bertz CT molecular complexity index is 962. The first kappa shape index (κ1) is 28.2. The van der Waals surface area contributed by atoms with Gasteiger partial charge in [0.15, 0.2) is 0 Å². The van der Waals surface area contributed by atoms with Gasteiger partial charge in [-0.3, -0.25) is 4.84 Å². The third-order valence-electron chi connectivity index (χ3n) is 8.33. The maximum absolute atomic E-state index is 12.9. The average Bonchev–Trinajstić information content (AvgIpc) is 2.91. The molecule has 4 rings (SSSR count). The Hall–Kier alpha value is -0.850. The topological polar surface area (TPSA) is 50.9 Å². The molecule has 0 radical (unpaired) electrons. The van der Waals surface area contributed by atoms with Crippen LogP contribution in [0.15, 0.2) is 35.4 Å². The summed E-state index contributed by atoms with van der Waals surface area (Å²) >= 11 is 18.0. The minimum atomic E-state index is -2.11. The predicted molar refractivity (Wildman–Crippen MR) is 147 cm³/mol. The summed E-state index contributed by atoms with van der Waals surface area (Å²) in [4.78, 5) is 6.65. The van der Waals surface area contributed by atoms with Crippen molar-refractivity contribution in [3.8, 4) is 0 Å². The fraction of sp³-hybridized carbons (Fsp3) is 0.714. The number of rotatable bonds is 5. The lowest BCUT2D eigenvalue weighted by atomic mass is 9.72. The van der Waals surface area contributed by atoms with Gasteiger partial charge in [0, 0.05) is 23.1 Å². The van der Waals surface area contributed by atoms with Crippen LogP contribution in [-0.2, 0) is 4.84 Å². The standard InChI is InChI=1S/C28H40Cl3N3O2/c1-25(2)15-12-16-26(3,4)34(25)36-20-22-19-27(17-10-5-6-11-18-27)23(21-13-8-7-9-14-21)33(22)32-24(35)28(29,30)31/h7-9,13-14,22H,5-6,10-12,15-20H2,1-4H3. The van der Waals surface area contributed by atoms with Crippen LogP contribution in [0, 0.1) is 5.41 Å². The van der Waals surface area contributed by atoms with E-state index in [1.165, 1.54) is 19.3 Å². The van der Waals surface area contributed by atoms with E-state index in [2.05, 4.69) is 50.0 Å². The van der Waals surface area contributed by atoms with Crippen molar-refractivity contribution < 1.29 is 14.6 Å². The number of hydroxylamine groups is 2. The van der Waals surface area contributed by atoms with Crippen molar-refractivity contribution in [3.05, 3.63) is 35.9 Å². The normalized spacial score (nSPS) is 26.9. The highest BCUT2D eigenvalue weighted by atomic mass is 35.6. The number of hydrogen-bond donors (Lipinski definition) is 0. The first-order valence-corrected chi connectivity index (χ1v) is 14.5. The number of halogens is 3. The third kappa shape index (κ3) is 5.91. The van der Waals surface area contributed by atoms with E-state index in [0.717, 1.165) is 56.2 Å². The van der Waals surface area contributed by atoms with E-state index in [0.29, 0.717) is 6.61 Å². The first-order valence-electron chi connectivity index (χ1n) is 13.3. The van der Waals surface area contributed by atoms with Gasteiger partial charge < -0.3 is 5.11 Å². The molecule has 36 heavy (non-hydrogen) atoms. The molecular formula is C28H40Cl3N3O2. The molecule has 1 saturated carbocycles. The molecule has 1 aromatic carbocycles. The lowest BCUT2D eigenvalue weighted by Gasteiger charge is -2.51. The Labute approximate surface area is 231 Å². The molecule has 8 heteroatoms. The van der Waals surface area contributed by atoms with Crippen LogP contribution in [-0.4, -0.2) is 48.9 Å². The van der Waals surface area contributed by atoms with Crippen molar-refractivity contribution in [1.82, 2.24) is 5.06 Å². The Morgan fingerprint density at radius 1 is 0.972 bits per heavy atom. The maximum Gasteiger partial charge on any atom is 0.224 e. The molecule has 200 valence electrons. The second-order valence-electron chi connectivity index (χ2n) is 12.1. The Kier molecular flexibility index (Phi) is 8.39. The summed E-state index contributed by atoms with van der Waals surface area (Å²) in [5, 5.41) is 19.6. The molecule has 5 nitrogen and oxygen atoms in total. The lowest BCUT2D eigenvalue weighted by molar-refractivity contribution is -0.575. The predicted octanol–water partition coefficient (Wildman–Crippen LogP) is 6.62. The quantitative estimate of drug-likeness (QED) is 0.177. The molecule has 3 aliphatic rings. The highest BCUT2D eigenvalue weighted by Crippen LogP contribution is 2.47. The summed E-state index contributed by atoms with van der Waals surface area (Å²) in [5.41, 5.74) is 1.89. The number of piperidine rings is 1. The Morgan fingerprint density at radius 2 is 1.56 bits per heavy atom. The zero-order valence-corrected chi connectivity index (χ0v) is 24.3. The molecule has 1 unspecified atom stereocenters. The van der Waals surface area contributed by atoms with Crippen molar-refractivity contribution in [2.24, 2.45) is 10.5 Å². The number of hydrazone groups is 1. The minimum Gasteiger partial charge on any atom is -0.855 e. The Balaban J connectivity index is 1.78. The Morgan fingerprint density at radius 3 is 2.11 bits per heavy atom. The zero-order valence-electron chi connectivity index (χ0n) is 22.0. The maximum atomic E-state index is 12.9. The van der Waals surface area contributed by atoms with Crippen LogP contribution in [0.5, 0.6) is 0 Å². The third-order valence-corrected chi connectivity index (χ3v) is 8.81. The zero-order chi connectivity index (χ0) is 26.2. The molecule has 1 aromatic rings. The molecular weight excluding hydrogens is 517 g/mol. The molecule has 0 aromatic heterocycles. The largest absolute Gasteiger partial charge is 0.855 e. The molecule has 2 heterocycles. The van der Waals surface area contributed by atoms with Crippen molar-refractivity contribution in [1.29, 1.82) is 0 Å². The van der Waals surface area contributed by atoms with Gasteiger partial charge in [0.05, 0.1) is 11.3 Å². The van der Waals surface area contributed by atoms with E-state index in [1.807, 2.05) is 22.9 Å². The number of benzene rings is 1. The van der Waals surface area contributed by atoms with Gasteiger partial charge in [0.1, 0.15) is 6.61 Å². The van der Waals surface area contributed by atoms with E-state index < -0.39 is 9.69 Å². The second-order valence-corrected chi connectivity index (χ2v) is 14.4. The summed E-state index contributed by atoms with van der Waals surface area (Å²) in [6, 6.07) is 10.1. The SMILES string of the molecule is CC1(C)CCCC(C)(C)N1OCC1CC2(CCCCCC2)C(c2ccccc2)=[N+]1/N=C(\[O-])C(Cl)(Cl)Cl. The summed E-state index contributed by atoms with van der Waals surface area (Å²) in [7, 11) is 0. The molecule has 1 aliphatic carbocycles. The summed E-state index contributed by atoms with van der Waals surface area (Å²) in [6.45, 7) is 9.38. The van der Waals surface area contributed by atoms with Crippen molar-refractivity contribution in [2.45, 2.75) is 113 Å². The summed E-state index contributed by atoms with van der Waals surface area (Å²) in [5.74, 6) is -0.768. The smallest absolute Gasteiger partial charge is 0.224 e. The second kappa shape index (κ2) is 10.7. The highest BCUT2D eigenvalue weighted by Gasteiger charge is 2.55. The van der Waals surface area contributed by atoms with Crippen LogP contribution in [0.1, 0.15) is 97.5 Å². The van der Waals surface area contributed by atoms with Gasteiger partial charge in [-0.25, -0.2) is 0 Å². The van der Waals surface area contributed by atoms with Crippen LogP contribution in [0.25, 0.3) is 0 Å². The van der Waals surface area contributed by atoms with Gasteiger partial charge >= 0.3 is 0 Å². The van der Waals surface area contributed by atoms with Crippen LogP contribution in [0.4, 0.5) is 0 Å². The molecule has 1 atom stereocenters. The molecule has 2 aliphatic heterocycles. The molecule has 1 saturated heterocycles. The van der Waals surface area contributed by atoms with Crippen molar-refractivity contribution in [2.75, 3.05) is 6.61 Å². The van der Waals surface area contributed by atoms with Crippen molar-refractivity contribution in [3.63, 3.8) is 0 Å². The minimum absolute atomic E-state index is 0.0817. The highest BCUT2D eigenvalue weighted by molar-refractivity contribution is 6.75. The van der Waals surface area contributed by atoms with Crippen LogP contribution < -0.4 is 5.11 Å². The lowest BCUT2D eigenvalue weighted by Crippen LogP contribution is -2.58. The average molecular weight is 557 g/mol. The number of nitrogens with zero attached hydrogens (tertiary/aromatic N) is 3. The summed E-state index contributed by atoms with van der Waals surface area (Å²) in [6.07, 6.45) is 11.1. The number of alkyl halides is 3. The molecule has 2 fully saturated rings. The van der Waals surface area contributed by atoms with Crippen LogP contribution >= 0.6 is 34.8 Å².